The van der Waals surface area contributed by atoms with E-state index in [0.29, 0.717) is 11.8 Å². The van der Waals surface area contributed by atoms with Crippen LogP contribution in [0.25, 0.3) is 0 Å². The van der Waals surface area contributed by atoms with Crippen molar-refractivity contribution in [1.82, 2.24) is 10.3 Å². The molecular weight excluding hydrogens is 224 g/mol. The van der Waals surface area contributed by atoms with Crippen molar-refractivity contribution in [2.45, 2.75) is 52.4 Å². The van der Waals surface area contributed by atoms with Crippen LogP contribution in [-0.2, 0) is 6.42 Å². The monoisotopic (exact) mass is 250 g/mol. The molecule has 2 unspecified atom stereocenters. The molecule has 3 heteroatoms. The van der Waals surface area contributed by atoms with E-state index in [1.165, 1.54) is 19.3 Å². The van der Waals surface area contributed by atoms with Gasteiger partial charge in [-0.05, 0) is 31.2 Å². The van der Waals surface area contributed by atoms with Gasteiger partial charge in [0.2, 0.25) is 0 Å². The van der Waals surface area contributed by atoms with Crippen LogP contribution in [0, 0.1) is 11.8 Å². The largest absolute Gasteiger partial charge is 0.445 e. The summed E-state index contributed by atoms with van der Waals surface area (Å²) in [6, 6.07) is 0. The van der Waals surface area contributed by atoms with Crippen molar-refractivity contribution >= 4 is 0 Å². The van der Waals surface area contributed by atoms with Gasteiger partial charge in [-0.2, -0.15) is 0 Å². The summed E-state index contributed by atoms with van der Waals surface area (Å²) in [5, 5.41) is 3.42. The second kappa shape index (κ2) is 6.37. The van der Waals surface area contributed by atoms with E-state index >= 15 is 0 Å². The van der Waals surface area contributed by atoms with Crippen LogP contribution < -0.4 is 5.32 Å². The molecule has 3 nitrogen and oxygen atoms in total. The van der Waals surface area contributed by atoms with Gasteiger partial charge in [0.15, 0.2) is 5.89 Å². The molecule has 1 heterocycles. The summed E-state index contributed by atoms with van der Waals surface area (Å²) < 4.78 is 5.89. The van der Waals surface area contributed by atoms with Gasteiger partial charge in [0.05, 0.1) is 6.20 Å². The van der Waals surface area contributed by atoms with Gasteiger partial charge >= 0.3 is 0 Å². The summed E-state index contributed by atoms with van der Waals surface area (Å²) in [5.41, 5.74) is 0. The molecule has 18 heavy (non-hydrogen) atoms. The van der Waals surface area contributed by atoms with Crippen LogP contribution in [0.1, 0.15) is 57.6 Å². The predicted octanol–water partition coefficient (Wildman–Crippen LogP) is 3.37. The Morgan fingerprint density at radius 1 is 1.44 bits per heavy atom. The molecule has 0 radical (unpaired) electrons. The lowest BCUT2D eigenvalue weighted by Gasteiger charge is -2.10. The standard InChI is InChI=1S/C15H26N2O/c1-11(2)9-16-8-7-15-17-10-14(18-15)13-6-4-5-12(13)3/h10-13,16H,4-9H2,1-3H3. The van der Waals surface area contributed by atoms with E-state index in [4.69, 9.17) is 4.42 Å². The number of hydrogen-bond donors (Lipinski definition) is 1. The van der Waals surface area contributed by atoms with Gasteiger partial charge in [0, 0.05) is 18.9 Å². The number of rotatable bonds is 6. The molecule has 0 amide bonds. The van der Waals surface area contributed by atoms with E-state index in [-0.39, 0.29) is 0 Å². The first-order valence-electron chi connectivity index (χ1n) is 7.32. The van der Waals surface area contributed by atoms with E-state index in [0.717, 1.165) is 37.1 Å². The highest BCUT2D eigenvalue weighted by molar-refractivity contribution is 5.05. The van der Waals surface area contributed by atoms with Gasteiger partial charge < -0.3 is 9.73 Å². The van der Waals surface area contributed by atoms with Crippen LogP contribution in [0.3, 0.4) is 0 Å². The summed E-state index contributed by atoms with van der Waals surface area (Å²) in [5.74, 6) is 4.06. The molecule has 0 bridgehead atoms. The molecule has 1 N–H and O–H groups in total. The van der Waals surface area contributed by atoms with Crippen molar-refractivity contribution in [3.05, 3.63) is 17.8 Å². The van der Waals surface area contributed by atoms with Crippen LogP contribution in [-0.4, -0.2) is 18.1 Å². The highest BCUT2D eigenvalue weighted by Gasteiger charge is 2.27. The molecule has 1 aliphatic carbocycles. The number of aromatic nitrogens is 1. The summed E-state index contributed by atoms with van der Waals surface area (Å²) in [6.07, 6.45) is 6.77. The molecule has 0 aliphatic heterocycles. The number of oxazole rings is 1. The zero-order valence-corrected chi connectivity index (χ0v) is 11.9. The van der Waals surface area contributed by atoms with E-state index in [9.17, 15) is 0 Å². The molecule has 0 aromatic carbocycles. The van der Waals surface area contributed by atoms with Crippen LogP contribution in [0.4, 0.5) is 0 Å². The SMILES string of the molecule is CC(C)CNCCc1ncc(C2CCCC2C)o1. The minimum absolute atomic E-state index is 0.606. The molecule has 1 aliphatic rings. The van der Waals surface area contributed by atoms with Gasteiger partial charge in [-0.15, -0.1) is 0 Å². The van der Waals surface area contributed by atoms with Crippen LogP contribution in [0.2, 0.25) is 0 Å². The Labute approximate surface area is 110 Å². The Balaban J connectivity index is 1.79. The first-order valence-corrected chi connectivity index (χ1v) is 7.32. The van der Waals surface area contributed by atoms with Gasteiger partial charge in [-0.1, -0.05) is 27.2 Å². The van der Waals surface area contributed by atoms with E-state index < -0.39 is 0 Å². The molecule has 2 atom stereocenters. The maximum atomic E-state index is 5.89. The van der Waals surface area contributed by atoms with Crippen molar-refractivity contribution < 1.29 is 4.42 Å². The zero-order valence-electron chi connectivity index (χ0n) is 11.9. The van der Waals surface area contributed by atoms with Crippen molar-refractivity contribution in [2.24, 2.45) is 11.8 Å². The molecule has 1 fully saturated rings. The fourth-order valence-corrected chi connectivity index (χ4v) is 2.77. The Morgan fingerprint density at radius 2 is 2.28 bits per heavy atom. The zero-order chi connectivity index (χ0) is 13.0. The van der Waals surface area contributed by atoms with Gasteiger partial charge in [-0.3, -0.25) is 0 Å². The lowest BCUT2D eigenvalue weighted by molar-refractivity contribution is 0.386. The molecule has 2 rings (SSSR count). The topological polar surface area (TPSA) is 38.1 Å². The third-order valence-corrected chi connectivity index (χ3v) is 3.87. The fraction of sp³-hybridized carbons (Fsp3) is 0.800. The summed E-state index contributed by atoms with van der Waals surface area (Å²) in [4.78, 5) is 4.41. The number of hydrogen-bond acceptors (Lipinski definition) is 3. The minimum Gasteiger partial charge on any atom is -0.445 e. The first kappa shape index (κ1) is 13.6. The van der Waals surface area contributed by atoms with Gasteiger partial charge in [0.25, 0.3) is 0 Å². The average molecular weight is 250 g/mol. The Bertz CT molecular complexity index is 359. The van der Waals surface area contributed by atoms with Crippen molar-refractivity contribution in [3.63, 3.8) is 0 Å². The van der Waals surface area contributed by atoms with Crippen LogP contribution in [0.15, 0.2) is 10.6 Å². The molecule has 1 saturated carbocycles. The normalized spacial score (nSPS) is 24.0. The highest BCUT2D eigenvalue weighted by Crippen LogP contribution is 2.39. The van der Waals surface area contributed by atoms with E-state index in [2.05, 4.69) is 31.1 Å². The Morgan fingerprint density at radius 3 is 2.94 bits per heavy atom. The van der Waals surface area contributed by atoms with E-state index in [1.54, 1.807) is 0 Å². The number of nitrogens with zero attached hydrogens (tertiary/aromatic N) is 1. The molecule has 0 saturated heterocycles. The molecule has 1 aromatic heterocycles. The summed E-state index contributed by atoms with van der Waals surface area (Å²) in [7, 11) is 0. The second-order valence-electron chi connectivity index (χ2n) is 6.02. The summed E-state index contributed by atoms with van der Waals surface area (Å²) in [6.45, 7) is 8.78. The minimum atomic E-state index is 0.606. The highest BCUT2D eigenvalue weighted by atomic mass is 16.4. The van der Waals surface area contributed by atoms with Crippen molar-refractivity contribution in [1.29, 1.82) is 0 Å². The van der Waals surface area contributed by atoms with Crippen LogP contribution >= 0.6 is 0 Å². The number of nitrogens with one attached hydrogen (secondary N) is 1. The smallest absolute Gasteiger partial charge is 0.195 e. The van der Waals surface area contributed by atoms with Crippen molar-refractivity contribution in [3.8, 4) is 0 Å². The second-order valence-corrected chi connectivity index (χ2v) is 6.02. The third-order valence-electron chi connectivity index (χ3n) is 3.87. The summed E-state index contributed by atoms with van der Waals surface area (Å²) >= 11 is 0. The lowest BCUT2D eigenvalue weighted by Crippen LogP contribution is -2.22. The fourth-order valence-electron chi connectivity index (χ4n) is 2.77. The first-order chi connectivity index (χ1) is 8.66. The Hall–Kier alpha value is -0.830. The predicted molar refractivity (Wildman–Crippen MR) is 73.7 cm³/mol. The maximum Gasteiger partial charge on any atom is 0.195 e. The molecular formula is C15H26N2O. The molecule has 0 spiro atoms. The molecule has 102 valence electrons. The molecule has 1 aromatic rings. The van der Waals surface area contributed by atoms with Gasteiger partial charge in [-0.25, -0.2) is 4.98 Å². The third kappa shape index (κ3) is 3.58. The Kier molecular flexibility index (Phi) is 4.81. The lowest BCUT2D eigenvalue weighted by atomic mass is 9.96. The van der Waals surface area contributed by atoms with Crippen molar-refractivity contribution in [2.75, 3.05) is 13.1 Å². The maximum absolute atomic E-state index is 5.89. The average Bonchev–Trinajstić information content (AvgIpc) is 2.92. The quantitative estimate of drug-likeness (QED) is 0.787. The van der Waals surface area contributed by atoms with E-state index in [1.807, 2.05) is 6.20 Å². The van der Waals surface area contributed by atoms with Gasteiger partial charge in [0.1, 0.15) is 5.76 Å². The van der Waals surface area contributed by atoms with Crippen LogP contribution in [0.5, 0.6) is 0 Å².